The second-order valence-electron chi connectivity index (χ2n) is 20.6. The van der Waals surface area contributed by atoms with Crippen LogP contribution >= 0.6 is 34.8 Å². The van der Waals surface area contributed by atoms with E-state index in [0.29, 0.717) is 36.3 Å². The highest BCUT2D eigenvalue weighted by molar-refractivity contribution is 6.32. The van der Waals surface area contributed by atoms with Crippen LogP contribution < -0.4 is 0 Å². The van der Waals surface area contributed by atoms with Gasteiger partial charge in [0.05, 0.1) is 53.0 Å². The Hall–Kier alpha value is -2.79. The Labute approximate surface area is 383 Å². The summed E-state index contributed by atoms with van der Waals surface area (Å²) in [5.41, 5.74) is 5.82. The molecule has 12 aliphatic rings. The first-order valence-corrected chi connectivity index (χ1v) is 24.5. The Morgan fingerprint density at radius 3 is 0.873 bits per heavy atom. The number of aliphatic imine (C=N–C) groups is 3. The lowest BCUT2D eigenvalue weighted by Gasteiger charge is -2.49. The lowest BCUT2D eigenvalue weighted by molar-refractivity contribution is -0.0576. The van der Waals surface area contributed by atoms with E-state index in [1.54, 1.807) is 36.8 Å². The molecule has 6 bridgehead atoms. The maximum atomic E-state index is 14.6. The van der Waals surface area contributed by atoms with Gasteiger partial charge < -0.3 is 15.3 Å². The van der Waals surface area contributed by atoms with Crippen molar-refractivity contribution in [1.82, 2.24) is 0 Å². The monoisotopic (exact) mass is 921 g/mol. The van der Waals surface area contributed by atoms with Crippen LogP contribution in [0.25, 0.3) is 0 Å². The first kappa shape index (κ1) is 44.1. The number of aliphatic hydroxyl groups is 3. The van der Waals surface area contributed by atoms with E-state index < -0.39 is 35.8 Å². The molecular formula is C51H57Cl3F3N3O3. The molecule has 15 rings (SSSR count). The largest absolute Gasteiger partial charge is 0.388 e. The molecule has 9 fully saturated rings. The Morgan fingerprint density at radius 2 is 0.651 bits per heavy atom. The number of nitrogens with zero attached hydrogens (tertiary/aromatic N) is 3. The van der Waals surface area contributed by atoms with Crippen LogP contribution in [0.1, 0.15) is 184 Å². The minimum absolute atomic E-state index is 0.0945. The summed E-state index contributed by atoms with van der Waals surface area (Å²) >= 11 is 18.1. The van der Waals surface area contributed by atoms with Gasteiger partial charge in [-0.2, -0.15) is 0 Å². The molecule has 3 N–H and O–H groups in total. The van der Waals surface area contributed by atoms with Crippen LogP contribution in [0.2, 0.25) is 15.1 Å². The number of aliphatic hydroxyl groups excluding tert-OH is 3. The van der Waals surface area contributed by atoms with E-state index in [2.05, 4.69) is 15.0 Å². The zero-order valence-electron chi connectivity index (χ0n) is 35.7. The van der Waals surface area contributed by atoms with Crippen LogP contribution in [0.4, 0.5) is 13.2 Å². The molecule has 0 aromatic heterocycles. The summed E-state index contributed by atoms with van der Waals surface area (Å²) in [5, 5.41) is 33.4. The summed E-state index contributed by atoms with van der Waals surface area (Å²) in [6, 6.07) is 4.86. The molecular weight excluding hydrogens is 866 g/mol. The molecule has 0 radical (unpaired) electrons. The van der Waals surface area contributed by atoms with E-state index in [1.165, 1.54) is 0 Å². The number of rotatable bonds is 6. The normalized spacial score (nSPS) is 31.5. The molecule has 3 heterocycles. The predicted octanol–water partition coefficient (Wildman–Crippen LogP) is 13.2. The van der Waals surface area contributed by atoms with Crippen LogP contribution in [0.15, 0.2) is 33.2 Å². The summed E-state index contributed by atoms with van der Waals surface area (Å²) in [6.45, 7) is 1.36. The summed E-state index contributed by atoms with van der Waals surface area (Å²) < 4.78 is 43.9. The van der Waals surface area contributed by atoms with Gasteiger partial charge >= 0.3 is 0 Å². The zero-order valence-corrected chi connectivity index (χ0v) is 38.0. The smallest absolute Gasteiger partial charge is 0.147 e. The molecule has 0 saturated heterocycles. The van der Waals surface area contributed by atoms with Gasteiger partial charge in [0.15, 0.2) is 0 Å². The molecule has 3 aliphatic heterocycles. The molecule has 63 heavy (non-hydrogen) atoms. The maximum absolute atomic E-state index is 14.6. The molecule has 0 spiro atoms. The van der Waals surface area contributed by atoms with Crippen molar-refractivity contribution in [3.8, 4) is 0 Å². The third-order valence-electron chi connectivity index (χ3n) is 17.7. The van der Waals surface area contributed by atoms with Crippen LogP contribution in [0, 0.1) is 51.5 Å². The average molecular weight is 923 g/mol. The molecule has 3 aromatic carbocycles. The highest BCUT2D eigenvalue weighted by atomic mass is 35.5. The minimum atomic E-state index is -0.757. The average Bonchev–Trinajstić information content (AvgIpc) is 4.11. The number of hydrogen-bond acceptors (Lipinski definition) is 6. The quantitative estimate of drug-likeness (QED) is 0.230. The molecule has 12 heteroatoms. The van der Waals surface area contributed by atoms with Gasteiger partial charge in [-0.05, 0) is 185 Å². The molecule has 3 aromatic rings. The van der Waals surface area contributed by atoms with Crippen molar-refractivity contribution in [2.75, 3.05) is 0 Å². The topological polar surface area (TPSA) is 97.8 Å². The van der Waals surface area contributed by atoms with Gasteiger partial charge in [-0.3, -0.25) is 15.0 Å². The van der Waals surface area contributed by atoms with Crippen molar-refractivity contribution < 1.29 is 28.5 Å². The number of halogens is 6. The Balaban J connectivity index is 0.000000112. The highest BCUT2D eigenvalue weighted by Crippen LogP contribution is 2.60. The predicted molar refractivity (Wildman–Crippen MR) is 244 cm³/mol. The number of fused-ring (bicyclic) bond motifs is 12. The SMILES string of the molecule is OC(c1c(F)c(Cl)cc2c1CN=C2)C12CCC(CC1)CC2.O[C@@H](c1c(F)c(Cl)cc2c1CN=C2)C12CCC(CC1)CC2.O[C@H](c1c(F)c(Cl)cc2c1CN=C2)C12CCC(CC1)CC2. The second-order valence-corrected chi connectivity index (χ2v) is 21.8. The van der Waals surface area contributed by atoms with Gasteiger partial charge in [-0.1, -0.05) is 34.8 Å². The lowest BCUT2D eigenvalue weighted by atomic mass is 9.57. The zero-order chi connectivity index (χ0) is 43.8. The summed E-state index contributed by atoms with van der Waals surface area (Å²) in [6.07, 6.45) is 22.4. The Kier molecular flexibility index (Phi) is 12.0. The summed E-state index contributed by atoms with van der Waals surface area (Å²) in [7, 11) is 0. The van der Waals surface area contributed by atoms with Crippen molar-refractivity contribution in [1.29, 1.82) is 0 Å². The number of benzene rings is 3. The fourth-order valence-corrected chi connectivity index (χ4v) is 14.2. The first-order valence-electron chi connectivity index (χ1n) is 23.4. The van der Waals surface area contributed by atoms with Gasteiger partial charge in [-0.25, -0.2) is 13.2 Å². The van der Waals surface area contributed by atoms with Crippen molar-refractivity contribution in [3.05, 3.63) is 101 Å². The minimum Gasteiger partial charge on any atom is -0.388 e. The molecule has 3 atom stereocenters. The molecule has 0 amide bonds. The van der Waals surface area contributed by atoms with Crippen LogP contribution in [-0.4, -0.2) is 34.0 Å². The van der Waals surface area contributed by atoms with E-state index in [-0.39, 0.29) is 31.3 Å². The van der Waals surface area contributed by atoms with Crippen molar-refractivity contribution in [3.63, 3.8) is 0 Å². The molecule has 1 unspecified atom stereocenters. The van der Waals surface area contributed by atoms with E-state index in [0.717, 1.165) is 167 Å². The van der Waals surface area contributed by atoms with Crippen molar-refractivity contribution in [2.24, 2.45) is 49.0 Å². The lowest BCUT2D eigenvalue weighted by Crippen LogP contribution is -2.39. The van der Waals surface area contributed by atoms with Crippen LogP contribution in [0.5, 0.6) is 0 Å². The standard InChI is InChI=1S/3C17H19ClFNO/c3*18-13-7-11-8-20-9-12(11)14(15(13)19)16(21)17-4-1-10(2-5-17)3-6-17/h3*7-8,10,16,21H,1-6,9H2/t2*10?,16-,17?;/m10./s1. The number of hydrogen-bond donors (Lipinski definition) is 3. The second kappa shape index (κ2) is 17.1. The molecule has 6 nitrogen and oxygen atoms in total. The van der Waals surface area contributed by atoms with Gasteiger partial charge in [0.1, 0.15) is 17.5 Å². The molecule has 9 saturated carbocycles. The third-order valence-corrected chi connectivity index (χ3v) is 18.5. The molecule has 336 valence electrons. The van der Waals surface area contributed by atoms with E-state index in [1.807, 2.05) is 0 Å². The van der Waals surface area contributed by atoms with Crippen LogP contribution in [0.3, 0.4) is 0 Å². The van der Waals surface area contributed by atoms with Gasteiger partial charge in [0.25, 0.3) is 0 Å². The fourth-order valence-electron chi connectivity index (χ4n) is 13.5. The molecule has 9 aliphatic carbocycles. The highest BCUT2D eigenvalue weighted by Gasteiger charge is 2.50. The van der Waals surface area contributed by atoms with Gasteiger partial charge in [0.2, 0.25) is 0 Å². The summed E-state index contributed by atoms with van der Waals surface area (Å²) in [5.74, 6) is 1.11. The van der Waals surface area contributed by atoms with Gasteiger partial charge in [0, 0.05) is 51.6 Å². The van der Waals surface area contributed by atoms with Crippen molar-refractivity contribution >= 4 is 53.4 Å². The fraction of sp³-hybridized carbons (Fsp3) is 0.588. The van der Waals surface area contributed by atoms with Crippen molar-refractivity contribution in [2.45, 2.75) is 154 Å². The maximum Gasteiger partial charge on any atom is 0.147 e. The van der Waals surface area contributed by atoms with E-state index >= 15 is 0 Å². The third kappa shape index (κ3) is 7.65. The Bertz CT molecular complexity index is 2080. The van der Waals surface area contributed by atoms with E-state index in [9.17, 15) is 28.5 Å². The van der Waals surface area contributed by atoms with E-state index in [4.69, 9.17) is 34.8 Å². The Morgan fingerprint density at radius 1 is 0.429 bits per heavy atom. The van der Waals surface area contributed by atoms with Crippen LogP contribution in [-0.2, 0) is 19.6 Å². The van der Waals surface area contributed by atoms with Gasteiger partial charge in [-0.15, -0.1) is 0 Å². The first-order chi connectivity index (χ1) is 30.3. The summed E-state index contributed by atoms with van der Waals surface area (Å²) in [4.78, 5) is 12.7.